The Morgan fingerprint density at radius 3 is 2.43 bits per heavy atom. The monoisotopic (exact) mass is 189 g/mol. The molecule has 1 heteroatoms. The average molecular weight is 189 g/mol. The number of benzene rings is 1. The van der Waals surface area contributed by atoms with E-state index >= 15 is 0 Å². The minimum Gasteiger partial charge on any atom is -0.388 e. The molecule has 0 heterocycles. The number of hydrogen-bond acceptors (Lipinski definition) is 1. The highest BCUT2D eigenvalue weighted by Gasteiger charge is 2.13. The second-order valence-corrected chi connectivity index (χ2v) is 4.56. The Morgan fingerprint density at radius 2 is 1.93 bits per heavy atom. The first kappa shape index (κ1) is 10.8. The zero-order chi connectivity index (χ0) is 10.8. The number of nitrogens with one attached hydrogen (secondary N) is 1. The molecule has 0 aliphatic carbocycles. The third-order valence-electron chi connectivity index (χ3n) is 2.38. The molecule has 0 amide bonds. The summed E-state index contributed by atoms with van der Waals surface area (Å²) in [6.07, 6.45) is 0. The molecular weight excluding hydrogens is 170 g/mol. The normalized spacial score (nSPS) is 11.1. The summed E-state index contributed by atoms with van der Waals surface area (Å²) in [4.78, 5) is 0. The fraction of sp³-hybridized carbons (Fsp3) is 0.385. The van der Waals surface area contributed by atoms with Gasteiger partial charge in [0, 0.05) is 12.7 Å². The molecule has 0 saturated heterocycles. The van der Waals surface area contributed by atoms with E-state index in [4.69, 9.17) is 0 Å². The summed E-state index contributed by atoms with van der Waals surface area (Å²) < 4.78 is 0. The molecule has 0 aliphatic rings. The minimum atomic E-state index is 0.198. The Labute approximate surface area is 86.8 Å². The highest BCUT2D eigenvalue weighted by atomic mass is 14.8. The smallest absolute Gasteiger partial charge is 0.0338 e. The highest BCUT2D eigenvalue weighted by molar-refractivity contribution is 5.62. The molecule has 0 spiro atoms. The molecule has 1 nitrogen and oxygen atoms in total. The van der Waals surface area contributed by atoms with Gasteiger partial charge in [-0.3, -0.25) is 0 Å². The molecule has 0 saturated carbocycles. The van der Waals surface area contributed by atoms with Crippen molar-refractivity contribution in [2.75, 3.05) is 7.05 Å². The molecule has 76 valence electrons. The lowest BCUT2D eigenvalue weighted by atomic mass is 9.86. The van der Waals surface area contributed by atoms with Gasteiger partial charge in [-0.25, -0.2) is 0 Å². The Morgan fingerprint density at radius 1 is 1.29 bits per heavy atom. The largest absolute Gasteiger partial charge is 0.388 e. The first-order chi connectivity index (χ1) is 6.45. The van der Waals surface area contributed by atoms with E-state index in [9.17, 15) is 0 Å². The summed E-state index contributed by atoms with van der Waals surface area (Å²) in [7, 11) is 1.89. The van der Waals surface area contributed by atoms with Crippen molar-refractivity contribution in [3.05, 3.63) is 42.0 Å². The predicted molar refractivity (Wildman–Crippen MR) is 63.2 cm³/mol. The topological polar surface area (TPSA) is 12.0 Å². The summed E-state index contributed by atoms with van der Waals surface area (Å²) in [6, 6.07) is 8.51. The van der Waals surface area contributed by atoms with Crippen molar-refractivity contribution < 1.29 is 0 Å². The summed E-state index contributed by atoms with van der Waals surface area (Å²) in [5, 5.41) is 3.07. The predicted octanol–water partition coefficient (Wildman–Crippen LogP) is 3.17. The Kier molecular flexibility index (Phi) is 3.00. The Hall–Kier alpha value is -1.24. The maximum absolute atomic E-state index is 3.96. The van der Waals surface area contributed by atoms with Crippen molar-refractivity contribution in [1.82, 2.24) is 5.32 Å². The van der Waals surface area contributed by atoms with Crippen LogP contribution in [0.5, 0.6) is 0 Å². The van der Waals surface area contributed by atoms with Gasteiger partial charge in [0.2, 0.25) is 0 Å². The molecule has 1 aromatic rings. The molecule has 14 heavy (non-hydrogen) atoms. The fourth-order valence-electron chi connectivity index (χ4n) is 1.32. The zero-order valence-electron chi connectivity index (χ0n) is 9.52. The molecule has 1 aromatic carbocycles. The van der Waals surface area contributed by atoms with Crippen LogP contribution >= 0.6 is 0 Å². The fourth-order valence-corrected chi connectivity index (χ4v) is 1.32. The van der Waals surface area contributed by atoms with Crippen LogP contribution in [0, 0.1) is 0 Å². The van der Waals surface area contributed by atoms with Gasteiger partial charge in [-0.05, 0) is 22.6 Å². The molecule has 0 aliphatic heterocycles. The van der Waals surface area contributed by atoms with Crippen molar-refractivity contribution in [2.24, 2.45) is 0 Å². The van der Waals surface area contributed by atoms with Crippen molar-refractivity contribution in [2.45, 2.75) is 26.2 Å². The van der Waals surface area contributed by atoms with Gasteiger partial charge in [-0.2, -0.15) is 0 Å². The Balaban J connectivity index is 3.08. The second-order valence-electron chi connectivity index (χ2n) is 4.56. The molecular formula is C13H19N. The van der Waals surface area contributed by atoms with Gasteiger partial charge in [0.25, 0.3) is 0 Å². The average Bonchev–Trinajstić information content (AvgIpc) is 2.15. The van der Waals surface area contributed by atoms with Crippen molar-refractivity contribution in [1.29, 1.82) is 0 Å². The van der Waals surface area contributed by atoms with Crippen molar-refractivity contribution in [3.63, 3.8) is 0 Å². The molecule has 1 N–H and O–H groups in total. The molecule has 0 atom stereocenters. The van der Waals surface area contributed by atoms with Gasteiger partial charge in [-0.15, -0.1) is 0 Å². The molecule has 0 fully saturated rings. The third-order valence-corrected chi connectivity index (χ3v) is 2.38. The van der Waals surface area contributed by atoms with Crippen LogP contribution in [-0.2, 0) is 5.41 Å². The van der Waals surface area contributed by atoms with Gasteiger partial charge >= 0.3 is 0 Å². The minimum absolute atomic E-state index is 0.198. The van der Waals surface area contributed by atoms with Crippen molar-refractivity contribution >= 4 is 5.70 Å². The van der Waals surface area contributed by atoms with Gasteiger partial charge in [0.05, 0.1) is 0 Å². The highest BCUT2D eigenvalue weighted by Crippen LogP contribution is 2.24. The van der Waals surface area contributed by atoms with Crippen LogP contribution in [0.25, 0.3) is 5.70 Å². The van der Waals surface area contributed by atoms with Crippen LogP contribution in [-0.4, -0.2) is 7.05 Å². The van der Waals surface area contributed by atoms with Crippen LogP contribution < -0.4 is 5.32 Å². The van der Waals surface area contributed by atoms with Crippen LogP contribution in [0.15, 0.2) is 30.8 Å². The van der Waals surface area contributed by atoms with Gasteiger partial charge in [0.15, 0.2) is 0 Å². The molecule has 0 bridgehead atoms. The van der Waals surface area contributed by atoms with E-state index in [2.05, 4.69) is 56.9 Å². The van der Waals surface area contributed by atoms with Crippen LogP contribution in [0.2, 0.25) is 0 Å². The van der Waals surface area contributed by atoms with E-state index in [1.807, 2.05) is 7.05 Å². The maximum Gasteiger partial charge on any atom is 0.0338 e. The van der Waals surface area contributed by atoms with E-state index in [0.717, 1.165) is 5.70 Å². The number of hydrogen-bond donors (Lipinski definition) is 1. The Bertz CT molecular complexity index is 331. The van der Waals surface area contributed by atoms with Crippen LogP contribution in [0.1, 0.15) is 31.9 Å². The van der Waals surface area contributed by atoms with Crippen LogP contribution in [0.4, 0.5) is 0 Å². The summed E-state index contributed by atoms with van der Waals surface area (Å²) in [5.41, 5.74) is 3.67. The molecule has 0 unspecified atom stereocenters. The first-order valence-electron chi connectivity index (χ1n) is 4.92. The lowest BCUT2D eigenvalue weighted by Gasteiger charge is -2.20. The first-order valence-corrected chi connectivity index (χ1v) is 4.92. The molecule has 0 radical (unpaired) electrons. The van der Waals surface area contributed by atoms with Crippen LogP contribution in [0.3, 0.4) is 0 Å². The summed E-state index contributed by atoms with van der Waals surface area (Å²) in [5.74, 6) is 0. The standard InChI is InChI=1S/C13H19N/c1-10(14-5)11-7-6-8-12(9-11)13(2,3)4/h6-9,14H,1H2,2-5H3. The molecule has 0 aromatic heterocycles. The number of rotatable bonds is 2. The zero-order valence-corrected chi connectivity index (χ0v) is 9.52. The lowest BCUT2D eigenvalue weighted by molar-refractivity contribution is 0.590. The maximum atomic E-state index is 3.96. The summed E-state index contributed by atoms with van der Waals surface area (Å²) >= 11 is 0. The van der Waals surface area contributed by atoms with Crippen molar-refractivity contribution in [3.8, 4) is 0 Å². The second kappa shape index (κ2) is 3.87. The quantitative estimate of drug-likeness (QED) is 0.753. The van der Waals surface area contributed by atoms with Gasteiger partial charge in [0.1, 0.15) is 0 Å². The van der Waals surface area contributed by atoms with Gasteiger partial charge < -0.3 is 5.32 Å². The van der Waals surface area contributed by atoms with E-state index in [1.54, 1.807) is 0 Å². The SMILES string of the molecule is C=C(NC)c1cccc(C(C)(C)C)c1. The third kappa shape index (κ3) is 2.38. The molecule has 1 rings (SSSR count). The lowest BCUT2D eigenvalue weighted by Crippen LogP contribution is -2.12. The van der Waals surface area contributed by atoms with E-state index in [-0.39, 0.29) is 5.41 Å². The van der Waals surface area contributed by atoms with E-state index in [0.29, 0.717) is 0 Å². The van der Waals surface area contributed by atoms with E-state index < -0.39 is 0 Å². The van der Waals surface area contributed by atoms with Gasteiger partial charge in [-0.1, -0.05) is 45.5 Å². The van der Waals surface area contributed by atoms with E-state index in [1.165, 1.54) is 11.1 Å². The summed E-state index contributed by atoms with van der Waals surface area (Å²) in [6.45, 7) is 10.6.